The largest absolute Gasteiger partial charge is 0.415 e. The summed E-state index contributed by atoms with van der Waals surface area (Å²) in [5.41, 5.74) is 0. The lowest BCUT2D eigenvalue weighted by Crippen LogP contribution is -2.48. The summed E-state index contributed by atoms with van der Waals surface area (Å²) in [5.74, 6) is 0.0274. The van der Waals surface area contributed by atoms with Crippen molar-refractivity contribution in [2.24, 2.45) is 23.7 Å². The van der Waals surface area contributed by atoms with Crippen molar-refractivity contribution in [2.75, 3.05) is 6.61 Å². The molecule has 1 saturated carbocycles. The Kier molecular flexibility index (Phi) is 3.92. The van der Waals surface area contributed by atoms with E-state index in [2.05, 4.69) is 46.0 Å². The van der Waals surface area contributed by atoms with Crippen LogP contribution < -0.4 is 0 Å². The molecule has 0 spiro atoms. The number of rotatable bonds is 3. The molecule has 1 saturated heterocycles. The molecule has 2 radical (unpaired) electrons. The van der Waals surface area contributed by atoms with Crippen LogP contribution in [0.2, 0.25) is 18.1 Å². The second-order valence-corrected chi connectivity index (χ2v) is 13.5. The molecule has 2 amide bonds. The van der Waals surface area contributed by atoms with Gasteiger partial charge in [0.1, 0.15) is 0 Å². The summed E-state index contributed by atoms with van der Waals surface area (Å²) in [6.45, 7) is 11.4. The number of amides is 2. The first-order chi connectivity index (χ1) is 10.5. The fourth-order valence-electron chi connectivity index (χ4n) is 4.20. The van der Waals surface area contributed by atoms with Crippen molar-refractivity contribution in [3.05, 3.63) is 12.2 Å². The molecule has 2 fully saturated rings. The van der Waals surface area contributed by atoms with Gasteiger partial charge >= 0.3 is 0 Å². The quantitative estimate of drug-likeness (QED) is 0.590. The topological polar surface area (TPSA) is 46.6 Å². The van der Waals surface area contributed by atoms with Crippen LogP contribution in [0, 0.1) is 23.7 Å². The van der Waals surface area contributed by atoms with E-state index in [-0.39, 0.29) is 34.7 Å². The second kappa shape index (κ2) is 5.31. The Morgan fingerprint density at radius 1 is 1.35 bits per heavy atom. The number of carbonyl (C=O) groups excluding carboxylic acids is 2. The number of nitrogens with zero attached hydrogens (tertiary/aromatic N) is 1. The van der Waals surface area contributed by atoms with Crippen molar-refractivity contribution in [1.82, 2.24) is 4.90 Å². The lowest BCUT2D eigenvalue weighted by atomic mass is 9.82. The first-order valence-electron chi connectivity index (χ1n) is 8.49. The van der Waals surface area contributed by atoms with E-state index in [1.54, 1.807) is 0 Å². The maximum absolute atomic E-state index is 12.7. The molecule has 5 unspecified atom stereocenters. The van der Waals surface area contributed by atoms with E-state index in [4.69, 9.17) is 12.3 Å². The van der Waals surface area contributed by atoms with E-state index in [9.17, 15) is 9.59 Å². The van der Waals surface area contributed by atoms with Gasteiger partial charge in [-0.3, -0.25) is 14.5 Å². The molecule has 23 heavy (non-hydrogen) atoms. The summed E-state index contributed by atoms with van der Waals surface area (Å²) in [6.07, 6.45) is 5.38. The molecule has 0 N–H and O–H groups in total. The third-order valence-electron chi connectivity index (χ3n) is 6.48. The Labute approximate surface area is 141 Å². The van der Waals surface area contributed by atoms with E-state index in [1.165, 1.54) is 4.90 Å². The van der Waals surface area contributed by atoms with Gasteiger partial charge in [-0.05, 0) is 36.4 Å². The Hall–Kier alpha value is -0.878. The van der Waals surface area contributed by atoms with Crippen LogP contribution in [0.25, 0.3) is 0 Å². The standard InChI is InChI=1S/C17H26BNO3Si/c1-17(2,3)23(4,5)22-9-12-13-10-6-7-11(8-10)14(13)15(20)19(12)16(18)21/h6-7,10-14H,8-9H2,1-5H3. The highest BCUT2D eigenvalue weighted by Gasteiger charge is 2.60. The van der Waals surface area contributed by atoms with Gasteiger partial charge < -0.3 is 4.43 Å². The summed E-state index contributed by atoms with van der Waals surface area (Å²) in [7, 11) is 3.59. The number of likely N-dealkylation sites (tertiary alicyclic amines) is 1. The minimum absolute atomic E-state index is 0.0782. The van der Waals surface area contributed by atoms with E-state index < -0.39 is 14.1 Å². The summed E-state index contributed by atoms with van der Waals surface area (Å²) in [4.78, 5) is 25.9. The predicted molar refractivity (Wildman–Crippen MR) is 92.7 cm³/mol. The summed E-state index contributed by atoms with van der Waals surface area (Å²) >= 11 is 0. The molecule has 6 heteroatoms. The van der Waals surface area contributed by atoms with Crippen molar-refractivity contribution in [3.63, 3.8) is 0 Å². The van der Waals surface area contributed by atoms with Gasteiger partial charge in [-0.1, -0.05) is 32.9 Å². The van der Waals surface area contributed by atoms with E-state index in [1.807, 2.05) is 0 Å². The average Bonchev–Trinajstić information content (AvgIpc) is 3.07. The van der Waals surface area contributed by atoms with Gasteiger partial charge in [-0.25, -0.2) is 0 Å². The Morgan fingerprint density at radius 3 is 2.52 bits per heavy atom. The highest BCUT2D eigenvalue weighted by atomic mass is 28.4. The van der Waals surface area contributed by atoms with E-state index >= 15 is 0 Å². The second-order valence-electron chi connectivity index (χ2n) is 8.74. The molecule has 0 aromatic carbocycles. The molecular weight excluding hydrogens is 305 g/mol. The third-order valence-corrected chi connectivity index (χ3v) is 11.0. The van der Waals surface area contributed by atoms with Crippen molar-refractivity contribution >= 4 is 27.9 Å². The van der Waals surface area contributed by atoms with Crippen LogP contribution in [-0.2, 0) is 9.22 Å². The number of fused-ring (bicyclic) bond motifs is 5. The van der Waals surface area contributed by atoms with Gasteiger partial charge in [0.25, 0.3) is 0 Å². The van der Waals surface area contributed by atoms with Gasteiger partial charge in [0, 0.05) is 5.92 Å². The van der Waals surface area contributed by atoms with Crippen LogP contribution >= 0.6 is 0 Å². The highest BCUT2D eigenvalue weighted by Crippen LogP contribution is 2.54. The van der Waals surface area contributed by atoms with Crippen molar-refractivity contribution in [2.45, 2.75) is 51.4 Å². The van der Waals surface area contributed by atoms with Crippen molar-refractivity contribution in [3.8, 4) is 0 Å². The number of imide groups is 1. The Bertz CT molecular complexity index is 569. The third kappa shape index (κ3) is 2.54. The first kappa shape index (κ1) is 17.0. The van der Waals surface area contributed by atoms with E-state index in [0.29, 0.717) is 12.5 Å². The first-order valence-corrected chi connectivity index (χ1v) is 11.4. The monoisotopic (exact) mass is 331 g/mol. The zero-order chi connectivity index (χ0) is 17.2. The lowest BCUT2D eigenvalue weighted by Gasteiger charge is -2.38. The molecule has 5 atom stereocenters. The molecule has 1 aliphatic heterocycles. The lowest BCUT2D eigenvalue weighted by molar-refractivity contribution is -0.129. The smallest absolute Gasteiger partial charge is 0.232 e. The Morgan fingerprint density at radius 2 is 1.96 bits per heavy atom. The van der Waals surface area contributed by atoms with Gasteiger partial charge in [-0.15, -0.1) is 0 Å². The molecular formula is C17H26BNO3Si. The molecule has 3 rings (SSSR count). The average molecular weight is 331 g/mol. The fraction of sp³-hybridized carbons (Fsp3) is 0.765. The molecule has 3 aliphatic rings. The minimum Gasteiger partial charge on any atom is -0.415 e. The maximum atomic E-state index is 12.7. The maximum Gasteiger partial charge on any atom is 0.232 e. The van der Waals surface area contributed by atoms with Gasteiger partial charge in [0.05, 0.1) is 18.6 Å². The van der Waals surface area contributed by atoms with Crippen molar-refractivity contribution < 1.29 is 14.0 Å². The molecule has 0 aromatic heterocycles. The van der Waals surface area contributed by atoms with Gasteiger partial charge in [0.15, 0.2) is 14.1 Å². The van der Waals surface area contributed by atoms with Crippen LogP contribution in [0.3, 0.4) is 0 Å². The van der Waals surface area contributed by atoms with Gasteiger partial charge in [0.2, 0.25) is 13.8 Å². The van der Waals surface area contributed by atoms with E-state index in [0.717, 1.165) is 6.42 Å². The van der Waals surface area contributed by atoms with Crippen LogP contribution in [0.15, 0.2) is 12.2 Å². The number of hydrogen-bond acceptors (Lipinski definition) is 3. The van der Waals surface area contributed by atoms with Crippen LogP contribution in [0.4, 0.5) is 4.79 Å². The molecule has 124 valence electrons. The zero-order valence-electron chi connectivity index (χ0n) is 14.7. The molecule has 2 aliphatic carbocycles. The zero-order valence-corrected chi connectivity index (χ0v) is 15.7. The molecule has 1 heterocycles. The number of allylic oxidation sites excluding steroid dienone is 2. The molecule has 0 aromatic rings. The van der Waals surface area contributed by atoms with Crippen LogP contribution in [0.1, 0.15) is 27.2 Å². The summed E-state index contributed by atoms with van der Waals surface area (Å²) < 4.78 is 6.34. The van der Waals surface area contributed by atoms with Crippen molar-refractivity contribution in [1.29, 1.82) is 0 Å². The number of hydrogen-bond donors (Lipinski definition) is 0. The van der Waals surface area contributed by atoms with Gasteiger partial charge in [-0.2, -0.15) is 0 Å². The molecule has 2 bridgehead atoms. The normalized spacial score (nSPS) is 36.0. The SMILES string of the molecule is [B]C(=O)N1C(=O)C2C3C=CC(C3)C2C1CO[Si](C)(C)C(C)(C)C. The number of carbonyl (C=O) groups is 2. The minimum atomic E-state index is -1.93. The molecule has 4 nitrogen and oxygen atoms in total. The van der Waals surface area contributed by atoms with Crippen LogP contribution in [0.5, 0.6) is 0 Å². The summed E-state index contributed by atoms with van der Waals surface area (Å²) in [6, 6.07) is -0.209. The highest BCUT2D eigenvalue weighted by molar-refractivity contribution is 6.74. The Balaban J connectivity index is 1.82. The summed E-state index contributed by atoms with van der Waals surface area (Å²) in [5, 5.41) is 0.0984. The van der Waals surface area contributed by atoms with Crippen LogP contribution in [-0.4, -0.2) is 45.4 Å². The fourth-order valence-corrected chi connectivity index (χ4v) is 5.22. The predicted octanol–water partition coefficient (Wildman–Crippen LogP) is 2.95.